The molecule has 1 unspecified atom stereocenters. The van der Waals surface area contributed by atoms with Gasteiger partial charge in [0.2, 0.25) is 11.8 Å². The van der Waals surface area contributed by atoms with Gasteiger partial charge in [-0.3, -0.25) is 13.9 Å². The number of sulfonamides is 1. The molecular weight excluding hydrogens is 498 g/mol. The van der Waals surface area contributed by atoms with E-state index in [1.165, 1.54) is 36.2 Å². The van der Waals surface area contributed by atoms with Crippen LogP contribution in [0.5, 0.6) is 0 Å². The summed E-state index contributed by atoms with van der Waals surface area (Å²) in [6.45, 7) is 5.07. The lowest BCUT2D eigenvalue weighted by atomic mass is 10.1. The molecule has 0 aliphatic rings. The van der Waals surface area contributed by atoms with Crippen molar-refractivity contribution < 1.29 is 18.0 Å². The van der Waals surface area contributed by atoms with Crippen LogP contribution in [-0.4, -0.2) is 44.8 Å². The van der Waals surface area contributed by atoms with E-state index in [4.69, 9.17) is 11.6 Å². The summed E-state index contributed by atoms with van der Waals surface area (Å²) < 4.78 is 28.5. The first-order valence-electron chi connectivity index (χ1n) is 11.4. The maximum Gasteiger partial charge on any atom is 0.264 e. The second kappa shape index (κ2) is 11.6. The van der Waals surface area contributed by atoms with Gasteiger partial charge in [-0.1, -0.05) is 53.6 Å². The topological polar surface area (TPSA) is 86.8 Å². The van der Waals surface area contributed by atoms with Gasteiger partial charge in [-0.2, -0.15) is 0 Å². The van der Waals surface area contributed by atoms with E-state index in [1.807, 2.05) is 44.2 Å². The summed E-state index contributed by atoms with van der Waals surface area (Å²) in [5.41, 5.74) is 3.04. The smallest absolute Gasteiger partial charge is 0.264 e. The summed E-state index contributed by atoms with van der Waals surface area (Å²) >= 11 is 5.96. The highest BCUT2D eigenvalue weighted by Crippen LogP contribution is 2.26. The fourth-order valence-corrected chi connectivity index (χ4v) is 5.38. The van der Waals surface area contributed by atoms with Gasteiger partial charge in [0.15, 0.2) is 0 Å². The number of nitrogens with one attached hydrogen (secondary N) is 1. The molecule has 3 aromatic rings. The minimum absolute atomic E-state index is 0.00536. The number of halogens is 1. The molecule has 190 valence electrons. The lowest BCUT2D eigenvalue weighted by Gasteiger charge is -2.32. The van der Waals surface area contributed by atoms with Crippen LogP contribution in [0.4, 0.5) is 5.69 Å². The van der Waals surface area contributed by atoms with Crippen molar-refractivity contribution in [1.29, 1.82) is 0 Å². The number of anilines is 1. The van der Waals surface area contributed by atoms with Crippen molar-refractivity contribution >= 4 is 39.1 Å². The van der Waals surface area contributed by atoms with Crippen LogP contribution < -0.4 is 9.62 Å². The Balaban J connectivity index is 2.03. The van der Waals surface area contributed by atoms with Gasteiger partial charge in [0, 0.05) is 18.6 Å². The number of carbonyl (C=O) groups excluding carboxylic acids is 2. The zero-order valence-electron chi connectivity index (χ0n) is 20.7. The van der Waals surface area contributed by atoms with E-state index in [9.17, 15) is 18.0 Å². The van der Waals surface area contributed by atoms with Crippen LogP contribution in [0.25, 0.3) is 0 Å². The minimum atomic E-state index is -4.12. The van der Waals surface area contributed by atoms with Gasteiger partial charge in [0.25, 0.3) is 10.0 Å². The van der Waals surface area contributed by atoms with Crippen molar-refractivity contribution in [1.82, 2.24) is 10.2 Å². The molecule has 36 heavy (non-hydrogen) atoms. The van der Waals surface area contributed by atoms with E-state index in [-0.39, 0.29) is 17.3 Å². The first kappa shape index (κ1) is 27.2. The molecule has 0 aliphatic heterocycles. The first-order chi connectivity index (χ1) is 17.0. The summed E-state index contributed by atoms with van der Waals surface area (Å²) in [5.74, 6) is -0.856. The molecule has 0 bridgehead atoms. The van der Waals surface area contributed by atoms with E-state index in [0.29, 0.717) is 10.7 Å². The summed E-state index contributed by atoms with van der Waals surface area (Å²) in [6, 6.07) is 19.5. The summed E-state index contributed by atoms with van der Waals surface area (Å²) in [4.78, 5) is 27.6. The maximum absolute atomic E-state index is 13.7. The van der Waals surface area contributed by atoms with Gasteiger partial charge < -0.3 is 10.2 Å². The zero-order chi connectivity index (χ0) is 26.5. The van der Waals surface area contributed by atoms with Gasteiger partial charge in [0.1, 0.15) is 12.6 Å². The van der Waals surface area contributed by atoms with Crippen LogP contribution in [0.15, 0.2) is 77.7 Å². The van der Waals surface area contributed by atoms with Gasteiger partial charge in [-0.05, 0) is 68.3 Å². The number of amides is 2. The summed E-state index contributed by atoms with van der Waals surface area (Å²) in [7, 11) is -2.62. The lowest BCUT2D eigenvalue weighted by Crippen LogP contribution is -2.50. The minimum Gasteiger partial charge on any atom is -0.357 e. The molecule has 0 radical (unpaired) electrons. The highest BCUT2D eigenvalue weighted by atomic mass is 35.5. The predicted molar refractivity (Wildman–Crippen MR) is 142 cm³/mol. The maximum atomic E-state index is 13.7. The number of hydrogen-bond donors (Lipinski definition) is 1. The molecule has 1 atom stereocenters. The van der Waals surface area contributed by atoms with Gasteiger partial charge in [-0.15, -0.1) is 0 Å². The number of nitrogens with zero attached hydrogens (tertiary/aromatic N) is 2. The van der Waals surface area contributed by atoms with Crippen LogP contribution >= 0.6 is 11.6 Å². The molecule has 3 aromatic carbocycles. The zero-order valence-corrected chi connectivity index (χ0v) is 22.3. The standard InChI is InChI=1S/C27H30ClN3O4S/c1-19-7-5-9-22(15-19)17-30(21(3)27(33)29-4)26(32)18-31(24-10-6-8-20(2)16-24)36(34,35)25-13-11-23(28)12-14-25/h5-16,21H,17-18H2,1-4H3,(H,29,33). The third kappa shape index (κ3) is 6.44. The Morgan fingerprint density at radius 2 is 1.56 bits per heavy atom. The predicted octanol–water partition coefficient (Wildman–Crippen LogP) is 4.32. The average molecular weight is 528 g/mol. The van der Waals surface area contributed by atoms with E-state index in [1.54, 1.807) is 25.1 Å². The van der Waals surface area contributed by atoms with Crippen LogP contribution in [0.2, 0.25) is 5.02 Å². The fourth-order valence-electron chi connectivity index (χ4n) is 3.84. The number of likely N-dealkylation sites (N-methyl/N-ethyl adjacent to an activating group) is 1. The molecule has 1 N–H and O–H groups in total. The Hall–Kier alpha value is -3.36. The normalized spacial score (nSPS) is 12.0. The van der Waals surface area contributed by atoms with Crippen molar-refractivity contribution in [3.05, 3.63) is 94.5 Å². The summed E-state index contributed by atoms with van der Waals surface area (Å²) in [6.07, 6.45) is 0. The SMILES string of the molecule is CNC(=O)C(C)N(Cc1cccc(C)c1)C(=O)CN(c1cccc(C)c1)S(=O)(=O)c1ccc(Cl)cc1. The second-order valence-electron chi connectivity index (χ2n) is 8.61. The first-order valence-corrected chi connectivity index (χ1v) is 13.3. The number of hydrogen-bond acceptors (Lipinski definition) is 4. The third-order valence-electron chi connectivity index (χ3n) is 5.82. The highest BCUT2D eigenvalue weighted by molar-refractivity contribution is 7.92. The van der Waals surface area contributed by atoms with Crippen molar-refractivity contribution in [2.24, 2.45) is 0 Å². The van der Waals surface area contributed by atoms with E-state index in [0.717, 1.165) is 21.0 Å². The Kier molecular flexibility index (Phi) is 8.76. The Morgan fingerprint density at radius 1 is 0.944 bits per heavy atom. The van der Waals surface area contributed by atoms with E-state index in [2.05, 4.69) is 5.32 Å². The number of carbonyl (C=O) groups is 2. The summed E-state index contributed by atoms with van der Waals surface area (Å²) in [5, 5.41) is 2.97. The van der Waals surface area contributed by atoms with Crippen LogP contribution in [-0.2, 0) is 26.2 Å². The molecule has 2 amide bonds. The van der Waals surface area contributed by atoms with Gasteiger partial charge >= 0.3 is 0 Å². The van der Waals surface area contributed by atoms with Crippen molar-refractivity contribution in [2.45, 2.75) is 38.3 Å². The van der Waals surface area contributed by atoms with E-state index >= 15 is 0 Å². The number of aryl methyl sites for hydroxylation is 2. The molecular formula is C27H30ClN3O4S. The Labute approximate surface area is 217 Å². The molecule has 9 heteroatoms. The average Bonchev–Trinajstić information content (AvgIpc) is 2.85. The van der Waals surface area contributed by atoms with Crippen LogP contribution in [0.3, 0.4) is 0 Å². The number of rotatable bonds is 9. The van der Waals surface area contributed by atoms with Crippen molar-refractivity contribution in [3.63, 3.8) is 0 Å². The second-order valence-corrected chi connectivity index (χ2v) is 10.9. The molecule has 0 fully saturated rings. The molecule has 0 heterocycles. The third-order valence-corrected chi connectivity index (χ3v) is 7.86. The molecule has 0 saturated heterocycles. The largest absolute Gasteiger partial charge is 0.357 e. The van der Waals surface area contributed by atoms with Crippen LogP contribution in [0, 0.1) is 13.8 Å². The molecule has 7 nitrogen and oxygen atoms in total. The molecule has 0 spiro atoms. The highest BCUT2D eigenvalue weighted by Gasteiger charge is 2.32. The van der Waals surface area contributed by atoms with Crippen molar-refractivity contribution in [3.8, 4) is 0 Å². The fraction of sp³-hybridized carbons (Fsp3) is 0.259. The number of benzene rings is 3. The molecule has 0 saturated carbocycles. The monoisotopic (exact) mass is 527 g/mol. The quantitative estimate of drug-likeness (QED) is 0.449. The van der Waals surface area contributed by atoms with Gasteiger partial charge in [-0.25, -0.2) is 8.42 Å². The van der Waals surface area contributed by atoms with Gasteiger partial charge in [0.05, 0.1) is 10.6 Å². The molecule has 0 aliphatic carbocycles. The Morgan fingerprint density at radius 3 is 2.14 bits per heavy atom. The molecule has 0 aromatic heterocycles. The van der Waals surface area contributed by atoms with E-state index < -0.39 is 28.5 Å². The lowest BCUT2D eigenvalue weighted by molar-refractivity contribution is -0.139. The van der Waals surface area contributed by atoms with Crippen molar-refractivity contribution in [2.75, 3.05) is 17.9 Å². The molecule has 3 rings (SSSR count). The van der Waals surface area contributed by atoms with Crippen LogP contribution in [0.1, 0.15) is 23.6 Å². The Bertz CT molecular complexity index is 1340.